The monoisotopic (exact) mass is 215 g/mol. The third kappa shape index (κ3) is 2.14. The van der Waals surface area contributed by atoms with Gasteiger partial charge in [-0.15, -0.1) is 0 Å². The van der Waals surface area contributed by atoms with Gasteiger partial charge in [0.05, 0.1) is 5.52 Å². The van der Waals surface area contributed by atoms with Gasteiger partial charge in [-0.3, -0.25) is 0 Å². The molecule has 0 amide bonds. The zero-order valence-corrected chi connectivity index (χ0v) is 9.75. The largest absolute Gasteiger partial charge is 0.369 e. The Hall–Kier alpha value is -1.61. The first-order chi connectivity index (χ1) is 7.70. The standard InChI is InChI=1S/C13H17N3/c1-9-3-4-12-11(7-9)10(2)8-13(16-12)15-6-5-14/h3-4,7-8H,5-6,14H2,1-2H3,(H,15,16). The van der Waals surface area contributed by atoms with E-state index in [1.54, 1.807) is 0 Å². The van der Waals surface area contributed by atoms with Gasteiger partial charge in [-0.2, -0.15) is 0 Å². The van der Waals surface area contributed by atoms with Gasteiger partial charge in [0, 0.05) is 18.5 Å². The molecule has 2 aromatic rings. The van der Waals surface area contributed by atoms with Gasteiger partial charge >= 0.3 is 0 Å². The van der Waals surface area contributed by atoms with E-state index in [1.807, 2.05) is 0 Å². The molecule has 1 heterocycles. The van der Waals surface area contributed by atoms with Gasteiger partial charge in [-0.1, -0.05) is 11.6 Å². The zero-order chi connectivity index (χ0) is 11.5. The number of nitrogens with zero attached hydrogens (tertiary/aromatic N) is 1. The number of rotatable bonds is 3. The number of aryl methyl sites for hydroxylation is 2. The summed E-state index contributed by atoms with van der Waals surface area (Å²) < 4.78 is 0. The first-order valence-corrected chi connectivity index (χ1v) is 5.52. The van der Waals surface area contributed by atoms with Crippen molar-refractivity contribution in [1.29, 1.82) is 0 Å². The van der Waals surface area contributed by atoms with Crippen molar-refractivity contribution in [2.45, 2.75) is 13.8 Å². The van der Waals surface area contributed by atoms with Crippen LogP contribution in [0.1, 0.15) is 11.1 Å². The fraction of sp³-hybridized carbons (Fsp3) is 0.308. The molecule has 0 saturated carbocycles. The minimum absolute atomic E-state index is 0.618. The topological polar surface area (TPSA) is 50.9 Å². The number of hydrogen-bond acceptors (Lipinski definition) is 3. The lowest BCUT2D eigenvalue weighted by Gasteiger charge is -2.08. The molecule has 0 atom stereocenters. The SMILES string of the molecule is Cc1ccc2nc(NCCN)cc(C)c2c1. The number of aromatic nitrogens is 1. The molecule has 0 aliphatic heterocycles. The molecular formula is C13H17N3. The van der Waals surface area contributed by atoms with Crippen LogP contribution in [-0.2, 0) is 0 Å². The van der Waals surface area contributed by atoms with Crippen LogP contribution < -0.4 is 11.1 Å². The summed E-state index contributed by atoms with van der Waals surface area (Å²) in [4.78, 5) is 4.55. The Kier molecular flexibility index (Phi) is 3.06. The van der Waals surface area contributed by atoms with Crippen LogP contribution in [0, 0.1) is 13.8 Å². The van der Waals surface area contributed by atoms with Crippen LogP contribution in [0.4, 0.5) is 5.82 Å². The van der Waals surface area contributed by atoms with Gasteiger partial charge in [0.1, 0.15) is 5.82 Å². The molecule has 0 spiro atoms. The normalized spacial score (nSPS) is 10.7. The highest BCUT2D eigenvalue weighted by atomic mass is 15.0. The second-order valence-corrected chi connectivity index (χ2v) is 4.06. The molecule has 0 radical (unpaired) electrons. The second kappa shape index (κ2) is 4.49. The minimum atomic E-state index is 0.618. The van der Waals surface area contributed by atoms with Crippen molar-refractivity contribution in [3.8, 4) is 0 Å². The van der Waals surface area contributed by atoms with E-state index in [0.717, 1.165) is 17.9 Å². The van der Waals surface area contributed by atoms with Gasteiger partial charge in [0.15, 0.2) is 0 Å². The van der Waals surface area contributed by atoms with Crippen LogP contribution in [0.3, 0.4) is 0 Å². The summed E-state index contributed by atoms with van der Waals surface area (Å²) in [5.74, 6) is 0.902. The van der Waals surface area contributed by atoms with E-state index in [1.165, 1.54) is 16.5 Å². The average molecular weight is 215 g/mol. The summed E-state index contributed by atoms with van der Waals surface area (Å²) in [6.07, 6.45) is 0. The Labute approximate surface area is 95.7 Å². The van der Waals surface area contributed by atoms with Crippen molar-refractivity contribution >= 4 is 16.7 Å². The average Bonchev–Trinajstić information content (AvgIpc) is 2.27. The molecule has 1 aromatic carbocycles. The third-order valence-corrected chi connectivity index (χ3v) is 2.62. The van der Waals surface area contributed by atoms with E-state index in [4.69, 9.17) is 5.73 Å². The molecular weight excluding hydrogens is 198 g/mol. The molecule has 0 fully saturated rings. The van der Waals surface area contributed by atoms with Crippen molar-refractivity contribution in [2.24, 2.45) is 5.73 Å². The van der Waals surface area contributed by atoms with Crippen LogP contribution >= 0.6 is 0 Å². The fourth-order valence-corrected chi connectivity index (χ4v) is 1.80. The smallest absolute Gasteiger partial charge is 0.126 e. The summed E-state index contributed by atoms with van der Waals surface area (Å²) in [6, 6.07) is 8.38. The first kappa shape index (κ1) is 10.9. The van der Waals surface area contributed by atoms with Crippen molar-refractivity contribution in [3.63, 3.8) is 0 Å². The Morgan fingerprint density at radius 1 is 1.25 bits per heavy atom. The molecule has 0 unspecified atom stereocenters. The Balaban J connectivity index is 2.46. The number of nitrogens with one attached hydrogen (secondary N) is 1. The molecule has 3 heteroatoms. The lowest BCUT2D eigenvalue weighted by atomic mass is 10.1. The summed E-state index contributed by atoms with van der Waals surface area (Å²) in [6.45, 7) is 5.58. The van der Waals surface area contributed by atoms with E-state index in [2.05, 4.69) is 48.4 Å². The van der Waals surface area contributed by atoms with Gasteiger partial charge in [-0.25, -0.2) is 4.98 Å². The fourth-order valence-electron chi connectivity index (χ4n) is 1.80. The summed E-state index contributed by atoms with van der Waals surface area (Å²) in [7, 11) is 0. The van der Waals surface area contributed by atoms with Crippen molar-refractivity contribution in [1.82, 2.24) is 4.98 Å². The number of benzene rings is 1. The third-order valence-electron chi connectivity index (χ3n) is 2.62. The van der Waals surface area contributed by atoms with Crippen molar-refractivity contribution in [2.75, 3.05) is 18.4 Å². The predicted molar refractivity (Wildman–Crippen MR) is 68.8 cm³/mol. The molecule has 0 aliphatic carbocycles. The highest BCUT2D eigenvalue weighted by Gasteiger charge is 2.02. The molecule has 0 bridgehead atoms. The molecule has 3 N–H and O–H groups in total. The molecule has 2 rings (SSSR count). The van der Waals surface area contributed by atoms with E-state index in [0.29, 0.717) is 6.54 Å². The Morgan fingerprint density at radius 3 is 2.81 bits per heavy atom. The Morgan fingerprint density at radius 2 is 2.06 bits per heavy atom. The molecule has 0 aliphatic rings. The molecule has 3 nitrogen and oxygen atoms in total. The maximum Gasteiger partial charge on any atom is 0.126 e. The maximum absolute atomic E-state index is 5.46. The van der Waals surface area contributed by atoms with Gasteiger partial charge in [0.25, 0.3) is 0 Å². The lowest BCUT2D eigenvalue weighted by molar-refractivity contribution is 1.01. The number of pyridine rings is 1. The minimum Gasteiger partial charge on any atom is -0.369 e. The van der Waals surface area contributed by atoms with Crippen LogP contribution in [0.15, 0.2) is 24.3 Å². The van der Waals surface area contributed by atoms with Crippen molar-refractivity contribution < 1.29 is 0 Å². The zero-order valence-electron chi connectivity index (χ0n) is 9.75. The van der Waals surface area contributed by atoms with Gasteiger partial charge < -0.3 is 11.1 Å². The molecule has 84 valence electrons. The predicted octanol–water partition coefficient (Wildman–Crippen LogP) is 2.22. The number of nitrogens with two attached hydrogens (primary N) is 1. The van der Waals surface area contributed by atoms with Gasteiger partial charge in [-0.05, 0) is 37.6 Å². The number of anilines is 1. The van der Waals surface area contributed by atoms with E-state index in [9.17, 15) is 0 Å². The quantitative estimate of drug-likeness (QED) is 0.825. The first-order valence-electron chi connectivity index (χ1n) is 5.52. The van der Waals surface area contributed by atoms with Crippen LogP contribution in [0.25, 0.3) is 10.9 Å². The number of hydrogen-bond donors (Lipinski definition) is 2. The molecule has 1 aromatic heterocycles. The highest BCUT2D eigenvalue weighted by molar-refractivity contribution is 5.84. The maximum atomic E-state index is 5.46. The second-order valence-electron chi connectivity index (χ2n) is 4.06. The molecule has 0 saturated heterocycles. The van der Waals surface area contributed by atoms with E-state index >= 15 is 0 Å². The summed E-state index contributed by atoms with van der Waals surface area (Å²) >= 11 is 0. The van der Waals surface area contributed by atoms with Crippen LogP contribution in [0.5, 0.6) is 0 Å². The highest BCUT2D eigenvalue weighted by Crippen LogP contribution is 2.21. The molecule has 16 heavy (non-hydrogen) atoms. The Bertz CT molecular complexity index is 506. The van der Waals surface area contributed by atoms with Crippen LogP contribution in [0.2, 0.25) is 0 Å². The number of fused-ring (bicyclic) bond motifs is 1. The lowest BCUT2D eigenvalue weighted by Crippen LogP contribution is -2.13. The van der Waals surface area contributed by atoms with E-state index < -0.39 is 0 Å². The van der Waals surface area contributed by atoms with Gasteiger partial charge in [0.2, 0.25) is 0 Å². The van der Waals surface area contributed by atoms with E-state index in [-0.39, 0.29) is 0 Å². The summed E-state index contributed by atoms with van der Waals surface area (Å²) in [5, 5.41) is 4.43. The van der Waals surface area contributed by atoms with Crippen molar-refractivity contribution in [3.05, 3.63) is 35.4 Å². The van der Waals surface area contributed by atoms with Crippen LogP contribution in [-0.4, -0.2) is 18.1 Å². The summed E-state index contributed by atoms with van der Waals surface area (Å²) in [5.41, 5.74) is 9.00.